The fraction of sp³-hybridized carbons (Fsp3) is 0.615. The molecular formula is C13H21NO4. The van der Waals surface area contributed by atoms with Gasteiger partial charge in [0.15, 0.2) is 0 Å². The second-order valence-corrected chi connectivity index (χ2v) is 4.37. The minimum Gasteiger partial charge on any atom is -0.466 e. The van der Waals surface area contributed by atoms with Gasteiger partial charge < -0.3 is 19.6 Å². The molecule has 5 nitrogen and oxygen atoms in total. The van der Waals surface area contributed by atoms with Crippen molar-refractivity contribution in [2.45, 2.75) is 33.3 Å². The maximum absolute atomic E-state index is 12.0. The summed E-state index contributed by atoms with van der Waals surface area (Å²) in [7, 11) is 1.53. The highest BCUT2D eigenvalue weighted by atomic mass is 16.5. The second kappa shape index (κ2) is 6.56. The van der Waals surface area contributed by atoms with Crippen molar-refractivity contribution in [1.82, 2.24) is 5.32 Å². The van der Waals surface area contributed by atoms with Crippen LogP contribution < -0.4 is 5.32 Å². The number of carbonyl (C=O) groups is 1. The van der Waals surface area contributed by atoms with E-state index >= 15 is 0 Å². The molecule has 1 aromatic heterocycles. The number of methoxy groups -OCH3 is 1. The molecule has 1 atom stereocenters. The SMILES string of the molecule is COCC(O)CCNC(=O)c1c(C)oc(C)c1C. The summed E-state index contributed by atoms with van der Waals surface area (Å²) in [5.41, 5.74) is 1.45. The molecule has 0 bridgehead atoms. The first kappa shape index (κ1) is 14.7. The minimum absolute atomic E-state index is 0.161. The molecule has 0 aliphatic rings. The number of hydrogen-bond donors (Lipinski definition) is 2. The number of furan rings is 1. The molecule has 0 fully saturated rings. The average Bonchev–Trinajstić information content (AvgIpc) is 2.53. The van der Waals surface area contributed by atoms with E-state index in [0.29, 0.717) is 24.3 Å². The van der Waals surface area contributed by atoms with E-state index in [1.165, 1.54) is 7.11 Å². The van der Waals surface area contributed by atoms with E-state index in [4.69, 9.17) is 9.15 Å². The highest BCUT2D eigenvalue weighted by Gasteiger charge is 2.18. The van der Waals surface area contributed by atoms with Gasteiger partial charge in [0.2, 0.25) is 0 Å². The van der Waals surface area contributed by atoms with Crippen molar-refractivity contribution < 1.29 is 19.1 Å². The van der Waals surface area contributed by atoms with E-state index in [9.17, 15) is 9.90 Å². The number of ether oxygens (including phenoxy) is 1. The largest absolute Gasteiger partial charge is 0.466 e. The number of carbonyl (C=O) groups excluding carboxylic acids is 1. The predicted molar refractivity (Wildman–Crippen MR) is 67.8 cm³/mol. The Morgan fingerprint density at radius 3 is 2.56 bits per heavy atom. The Kier molecular flexibility index (Phi) is 5.37. The fourth-order valence-electron chi connectivity index (χ4n) is 1.84. The summed E-state index contributed by atoms with van der Waals surface area (Å²) >= 11 is 0. The zero-order valence-electron chi connectivity index (χ0n) is 11.4. The summed E-state index contributed by atoms with van der Waals surface area (Å²) in [6.45, 7) is 6.15. The Hall–Kier alpha value is -1.33. The number of hydrogen-bond acceptors (Lipinski definition) is 4. The van der Waals surface area contributed by atoms with Gasteiger partial charge in [-0.2, -0.15) is 0 Å². The molecule has 0 aromatic carbocycles. The first-order valence-electron chi connectivity index (χ1n) is 5.99. The highest BCUT2D eigenvalue weighted by molar-refractivity contribution is 5.96. The molecule has 0 spiro atoms. The molecule has 0 aliphatic carbocycles. The van der Waals surface area contributed by atoms with Crippen LogP contribution in [0.25, 0.3) is 0 Å². The van der Waals surface area contributed by atoms with Crippen LogP contribution in [0.3, 0.4) is 0 Å². The molecule has 5 heteroatoms. The Labute approximate surface area is 107 Å². The standard InChI is InChI=1S/C13H21NO4/c1-8-9(2)18-10(3)12(8)13(16)14-6-5-11(15)7-17-4/h11,15H,5-7H2,1-4H3,(H,14,16). The van der Waals surface area contributed by atoms with Gasteiger partial charge in [-0.05, 0) is 27.2 Å². The Balaban J connectivity index is 2.51. The molecule has 0 aliphatic heterocycles. The number of amides is 1. The topological polar surface area (TPSA) is 71.7 Å². The summed E-state index contributed by atoms with van der Waals surface area (Å²) in [4.78, 5) is 12.0. The molecule has 102 valence electrons. The number of rotatable bonds is 6. The molecule has 18 heavy (non-hydrogen) atoms. The molecule has 1 amide bonds. The normalized spacial score (nSPS) is 12.5. The van der Waals surface area contributed by atoms with E-state index < -0.39 is 6.10 Å². The quantitative estimate of drug-likeness (QED) is 0.804. The summed E-state index contributed by atoms with van der Waals surface area (Å²) in [5.74, 6) is 1.23. The van der Waals surface area contributed by atoms with E-state index in [1.54, 1.807) is 6.92 Å². The van der Waals surface area contributed by atoms with Gasteiger partial charge in [0.1, 0.15) is 11.5 Å². The van der Waals surface area contributed by atoms with Crippen molar-refractivity contribution >= 4 is 5.91 Å². The highest BCUT2D eigenvalue weighted by Crippen LogP contribution is 2.20. The summed E-state index contributed by atoms with van der Waals surface area (Å²) in [6.07, 6.45) is -0.0855. The lowest BCUT2D eigenvalue weighted by Gasteiger charge is -2.10. The maximum atomic E-state index is 12.0. The van der Waals surface area contributed by atoms with Gasteiger partial charge in [-0.1, -0.05) is 0 Å². The molecule has 0 saturated carbocycles. The summed E-state index contributed by atoms with van der Waals surface area (Å²) in [6, 6.07) is 0. The van der Waals surface area contributed by atoms with Crippen molar-refractivity contribution in [3.8, 4) is 0 Å². The third-order valence-electron chi connectivity index (χ3n) is 2.91. The van der Waals surface area contributed by atoms with Gasteiger partial charge in [0.05, 0.1) is 18.3 Å². The fourth-order valence-corrected chi connectivity index (χ4v) is 1.84. The summed E-state index contributed by atoms with van der Waals surface area (Å²) in [5, 5.41) is 12.2. The minimum atomic E-state index is -0.552. The van der Waals surface area contributed by atoms with E-state index in [2.05, 4.69) is 5.32 Å². The molecular weight excluding hydrogens is 234 g/mol. The van der Waals surface area contributed by atoms with Crippen LogP contribution in [0.5, 0.6) is 0 Å². The van der Waals surface area contributed by atoms with Gasteiger partial charge >= 0.3 is 0 Å². The third kappa shape index (κ3) is 3.58. The van der Waals surface area contributed by atoms with Crippen molar-refractivity contribution in [2.75, 3.05) is 20.3 Å². The monoisotopic (exact) mass is 255 g/mol. The Bertz CT molecular complexity index is 411. The van der Waals surface area contributed by atoms with Crippen molar-refractivity contribution in [2.24, 2.45) is 0 Å². The van der Waals surface area contributed by atoms with Gasteiger partial charge in [-0.25, -0.2) is 0 Å². The molecule has 0 saturated heterocycles. The van der Waals surface area contributed by atoms with Crippen LogP contribution in [0.2, 0.25) is 0 Å². The number of aryl methyl sites for hydroxylation is 2. The zero-order valence-corrected chi connectivity index (χ0v) is 11.4. The molecule has 1 unspecified atom stereocenters. The molecule has 1 heterocycles. The lowest BCUT2D eigenvalue weighted by atomic mass is 10.1. The summed E-state index contributed by atoms with van der Waals surface area (Å²) < 4.78 is 10.2. The van der Waals surface area contributed by atoms with Crippen LogP contribution in [-0.4, -0.2) is 37.4 Å². The maximum Gasteiger partial charge on any atom is 0.255 e. The number of aliphatic hydroxyl groups excluding tert-OH is 1. The Morgan fingerprint density at radius 1 is 1.39 bits per heavy atom. The van der Waals surface area contributed by atoms with Crippen LogP contribution in [0.4, 0.5) is 0 Å². The van der Waals surface area contributed by atoms with Gasteiger partial charge in [-0.3, -0.25) is 4.79 Å². The van der Waals surface area contributed by atoms with Crippen LogP contribution in [0, 0.1) is 20.8 Å². The smallest absolute Gasteiger partial charge is 0.255 e. The van der Waals surface area contributed by atoms with Crippen LogP contribution >= 0.6 is 0 Å². The van der Waals surface area contributed by atoms with Crippen LogP contribution in [0.1, 0.15) is 33.9 Å². The van der Waals surface area contributed by atoms with Crippen molar-refractivity contribution in [1.29, 1.82) is 0 Å². The second-order valence-electron chi connectivity index (χ2n) is 4.37. The number of nitrogens with one attached hydrogen (secondary N) is 1. The van der Waals surface area contributed by atoms with Gasteiger partial charge in [0.25, 0.3) is 5.91 Å². The first-order valence-corrected chi connectivity index (χ1v) is 5.99. The third-order valence-corrected chi connectivity index (χ3v) is 2.91. The molecule has 2 N–H and O–H groups in total. The molecule has 1 aromatic rings. The molecule has 1 rings (SSSR count). The van der Waals surface area contributed by atoms with Crippen LogP contribution in [0.15, 0.2) is 4.42 Å². The number of aliphatic hydroxyl groups is 1. The van der Waals surface area contributed by atoms with Crippen LogP contribution in [-0.2, 0) is 4.74 Å². The lowest BCUT2D eigenvalue weighted by molar-refractivity contribution is 0.0587. The van der Waals surface area contributed by atoms with E-state index in [1.807, 2.05) is 13.8 Å². The lowest BCUT2D eigenvalue weighted by Crippen LogP contribution is -2.29. The van der Waals surface area contributed by atoms with E-state index in [-0.39, 0.29) is 12.5 Å². The zero-order chi connectivity index (χ0) is 13.7. The van der Waals surface area contributed by atoms with Crippen molar-refractivity contribution in [3.05, 3.63) is 22.6 Å². The van der Waals surface area contributed by atoms with E-state index in [0.717, 1.165) is 11.3 Å². The Morgan fingerprint density at radius 2 is 2.06 bits per heavy atom. The molecule has 0 radical (unpaired) electrons. The predicted octanol–water partition coefficient (Wildman–Crippen LogP) is 1.33. The van der Waals surface area contributed by atoms with Gasteiger partial charge in [-0.15, -0.1) is 0 Å². The van der Waals surface area contributed by atoms with Gasteiger partial charge in [0, 0.05) is 19.2 Å². The van der Waals surface area contributed by atoms with Crippen molar-refractivity contribution in [3.63, 3.8) is 0 Å². The average molecular weight is 255 g/mol. The first-order chi connectivity index (χ1) is 8.47.